The van der Waals surface area contributed by atoms with E-state index in [4.69, 9.17) is 4.74 Å². The highest BCUT2D eigenvalue weighted by molar-refractivity contribution is 5.88. The molecule has 6 heteroatoms. The lowest BCUT2D eigenvalue weighted by Gasteiger charge is -2.26. The first-order valence-corrected chi connectivity index (χ1v) is 6.81. The van der Waals surface area contributed by atoms with Crippen molar-refractivity contribution in [3.05, 3.63) is 29.7 Å². The van der Waals surface area contributed by atoms with Crippen LogP contribution in [0.3, 0.4) is 0 Å². The highest BCUT2D eigenvalue weighted by atomic mass is 16.5. The second kappa shape index (κ2) is 5.20. The predicted octanol–water partition coefficient (Wildman–Crippen LogP) is 1.33. The van der Waals surface area contributed by atoms with Crippen molar-refractivity contribution in [2.45, 2.75) is 18.8 Å². The summed E-state index contributed by atoms with van der Waals surface area (Å²) in [4.78, 5) is 18.6. The second-order valence-electron chi connectivity index (χ2n) is 5.22. The summed E-state index contributed by atoms with van der Waals surface area (Å²) >= 11 is 0. The molecule has 106 valence electrons. The van der Waals surface area contributed by atoms with E-state index in [0.29, 0.717) is 17.3 Å². The van der Waals surface area contributed by atoms with Crippen molar-refractivity contribution in [1.82, 2.24) is 19.5 Å². The van der Waals surface area contributed by atoms with Crippen molar-refractivity contribution in [1.29, 1.82) is 0 Å². The summed E-state index contributed by atoms with van der Waals surface area (Å²) in [5, 5.41) is 4.52. The average Bonchev–Trinajstić information content (AvgIpc) is 2.91. The fourth-order valence-electron chi connectivity index (χ4n) is 2.62. The minimum Gasteiger partial charge on any atom is -0.464 e. The number of piperidine rings is 1. The first-order valence-electron chi connectivity index (χ1n) is 6.81. The molecule has 1 fully saturated rings. The first kappa shape index (κ1) is 13.1. The number of likely N-dealkylation sites (tertiary alicyclic amines) is 1. The van der Waals surface area contributed by atoms with Crippen LogP contribution in [0.5, 0.6) is 0 Å². The molecule has 20 heavy (non-hydrogen) atoms. The van der Waals surface area contributed by atoms with Crippen LogP contribution >= 0.6 is 0 Å². The van der Waals surface area contributed by atoms with E-state index in [9.17, 15) is 4.79 Å². The van der Waals surface area contributed by atoms with Gasteiger partial charge in [-0.05, 0) is 45.1 Å². The van der Waals surface area contributed by atoms with Crippen LogP contribution in [0, 0.1) is 0 Å². The summed E-state index contributed by atoms with van der Waals surface area (Å²) < 4.78 is 6.36. The Morgan fingerprint density at radius 1 is 1.35 bits per heavy atom. The molecule has 0 aliphatic carbocycles. The number of carbonyl (C=O) groups excluding carboxylic acids is 1. The third-order valence-electron chi connectivity index (χ3n) is 3.85. The molecular formula is C14H18N4O2. The molecule has 0 spiro atoms. The zero-order valence-corrected chi connectivity index (χ0v) is 11.7. The molecule has 3 heterocycles. The molecule has 1 aliphatic rings. The number of rotatable bonds is 2. The topological polar surface area (TPSA) is 59.7 Å². The maximum atomic E-state index is 11.7. The van der Waals surface area contributed by atoms with E-state index in [1.807, 2.05) is 6.07 Å². The molecule has 3 rings (SSSR count). The number of aromatic nitrogens is 3. The molecule has 0 N–H and O–H groups in total. The Morgan fingerprint density at radius 2 is 2.10 bits per heavy atom. The lowest BCUT2D eigenvalue weighted by atomic mass is 9.97. The van der Waals surface area contributed by atoms with Crippen LogP contribution in [0.1, 0.15) is 35.1 Å². The molecule has 0 saturated carbocycles. The van der Waals surface area contributed by atoms with Gasteiger partial charge in [0.15, 0.2) is 17.2 Å². The van der Waals surface area contributed by atoms with E-state index < -0.39 is 5.97 Å². The maximum Gasteiger partial charge on any atom is 0.356 e. The standard InChI is InChI=1S/C14H18N4O2/c1-17-8-6-10(7-9-17)13-15-12-5-3-4-11(14(19)20-2)18(12)16-13/h3-5,10H,6-9H2,1-2H3. The van der Waals surface area contributed by atoms with Gasteiger partial charge in [0.25, 0.3) is 0 Å². The van der Waals surface area contributed by atoms with E-state index in [1.54, 1.807) is 16.6 Å². The molecule has 0 unspecified atom stereocenters. The van der Waals surface area contributed by atoms with Gasteiger partial charge in [0.1, 0.15) is 0 Å². The normalized spacial score (nSPS) is 17.5. The number of pyridine rings is 1. The molecule has 0 amide bonds. The Morgan fingerprint density at radius 3 is 2.80 bits per heavy atom. The number of hydrogen-bond donors (Lipinski definition) is 0. The monoisotopic (exact) mass is 274 g/mol. The summed E-state index contributed by atoms with van der Waals surface area (Å²) in [5.74, 6) is 0.807. The minimum atomic E-state index is -0.393. The zero-order valence-electron chi connectivity index (χ0n) is 11.7. The molecule has 0 radical (unpaired) electrons. The van der Waals surface area contributed by atoms with Gasteiger partial charge in [-0.25, -0.2) is 14.3 Å². The van der Waals surface area contributed by atoms with Crippen molar-refractivity contribution < 1.29 is 9.53 Å². The summed E-state index contributed by atoms with van der Waals surface area (Å²) in [7, 11) is 3.50. The van der Waals surface area contributed by atoms with Crippen molar-refractivity contribution in [2.75, 3.05) is 27.2 Å². The van der Waals surface area contributed by atoms with E-state index in [0.717, 1.165) is 31.8 Å². The fourth-order valence-corrected chi connectivity index (χ4v) is 2.62. The van der Waals surface area contributed by atoms with Gasteiger partial charge in [0.05, 0.1) is 7.11 Å². The molecule has 0 atom stereocenters. The Labute approximate surface area is 117 Å². The summed E-state index contributed by atoms with van der Waals surface area (Å²) in [6.45, 7) is 2.12. The Hall–Kier alpha value is -1.95. The van der Waals surface area contributed by atoms with Crippen LogP contribution in [-0.2, 0) is 4.74 Å². The highest BCUT2D eigenvalue weighted by Crippen LogP contribution is 2.25. The van der Waals surface area contributed by atoms with Crippen molar-refractivity contribution in [3.8, 4) is 0 Å². The van der Waals surface area contributed by atoms with Crippen molar-refractivity contribution >= 4 is 11.6 Å². The van der Waals surface area contributed by atoms with Gasteiger partial charge in [-0.3, -0.25) is 0 Å². The number of nitrogens with zero attached hydrogens (tertiary/aromatic N) is 4. The van der Waals surface area contributed by atoms with E-state index in [1.165, 1.54) is 7.11 Å². The molecule has 1 saturated heterocycles. The molecule has 2 aromatic rings. The lowest BCUT2D eigenvalue weighted by molar-refractivity contribution is 0.0590. The molecule has 0 aromatic carbocycles. The van der Waals surface area contributed by atoms with E-state index in [-0.39, 0.29) is 0 Å². The summed E-state index contributed by atoms with van der Waals surface area (Å²) in [6.07, 6.45) is 2.11. The van der Waals surface area contributed by atoms with Crippen LogP contribution < -0.4 is 0 Å². The Balaban J connectivity index is 1.96. The van der Waals surface area contributed by atoms with Crippen LogP contribution in [-0.4, -0.2) is 52.7 Å². The highest BCUT2D eigenvalue weighted by Gasteiger charge is 2.23. The molecular weight excluding hydrogens is 256 g/mol. The Bertz CT molecular complexity index is 629. The van der Waals surface area contributed by atoms with Gasteiger partial charge < -0.3 is 9.64 Å². The number of hydrogen-bond acceptors (Lipinski definition) is 5. The van der Waals surface area contributed by atoms with Crippen molar-refractivity contribution in [2.24, 2.45) is 0 Å². The van der Waals surface area contributed by atoms with Crippen LogP contribution in [0.4, 0.5) is 0 Å². The SMILES string of the molecule is COC(=O)c1cccc2nc(C3CCN(C)CC3)nn12. The number of fused-ring (bicyclic) bond motifs is 1. The van der Waals surface area contributed by atoms with Crippen molar-refractivity contribution in [3.63, 3.8) is 0 Å². The minimum absolute atomic E-state index is 0.372. The molecule has 1 aliphatic heterocycles. The molecule has 6 nitrogen and oxygen atoms in total. The van der Waals surface area contributed by atoms with E-state index in [2.05, 4.69) is 22.0 Å². The Kier molecular flexibility index (Phi) is 3.40. The van der Waals surface area contributed by atoms with Crippen LogP contribution in [0.25, 0.3) is 5.65 Å². The maximum absolute atomic E-state index is 11.7. The van der Waals surface area contributed by atoms with Gasteiger partial charge in [-0.1, -0.05) is 6.07 Å². The number of carbonyl (C=O) groups is 1. The summed E-state index contributed by atoms with van der Waals surface area (Å²) in [6, 6.07) is 5.36. The van der Waals surface area contributed by atoms with E-state index >= 15 is 0 Å². The zero-order chi connectivity index (χ0) is 14.1. The summed E-state index contributed by atoms with van der Waals surface area (Å²) in [5.41, 5.74) is 1.11. The third-order valence-corrected chi connectivity index (χ3v) is 3.85. The van der Waals surface area contributed by atoms with Gasteiger partial charge >= 0.3 is 5.97 Å². The second-order valence-corrected chi connectivity index (χ2v) is 5.22. The van der Waals surface area contributed by atoms with Crippen LogP contribution in [0.2, 0.25) is 0 Å². The van der Waals surface area contributed by atoms with Gasteiger partial charge in [0.2, 0.25) is 0 Å². The first-order chi connectivity index (χ1) is 9.69. The smallest absolute Gasteiger partial charge is 0.356 e. The van der Waals surface area contributed by atoms with Gasteiger partial charge in [-0.15, -0.1) is 0 Å². The number of methoxy groups -OCH3 is 1. The van der Waals surface area contributed by atoms with Gasteiger partial charge in [0, 0.05) is 5.92 Å². The number of ether oxygens (including phenoxy) is 1. The molecule has 2 aromatic heterocycles. The molecule has 0 bridgehead atoms. The van der Waals surface area contributed by atoms with Gasteiger partial charge in [-0.2, -0.15) is 5.10 Å². The third kappa shape index (κ3) is 2.27. The quantitative estimate of drug-likeness (QED) is 0.773. The predicted molar refractivity (Wildman–Crippen MR) is 73.8 cm³/mol. The number of esters is 1. The average molecular weight is 274 g/mol. The fraction of sp³-hybridized carbons (Fsp3) is 0.500. The van der Waals surface area contributed by atoms with Crippen LogP contribution in [0.15, 0.2) is 18.2 Å². The largest absolute Gasteiger partial charge is 0.464 e. The lowest BCUT2D eigenvalue weighted by Crippen LogP contribution is -2.29.